The molecule has 0 aromatic carbocycles. The number of likely N-dealkylation sites (tertiary alicyclic amines) is 1. The van der Waals surface area contributed by atoms with Gasteiger partial charge in [-0.1, -0.05) is 0 Å². The summed E-state index contributed by atoms with van der Waals surface area (Å²) in [5.74, 6) is 1.81. The summed E-state index contributed by atoms with van der Waals surface area (Å²) in [6.07, 6.45) is 4.91. The Balaban J connectivity index is 2.26. The molecule has 1 fully saturated rings. The van der Waals surface area contributed by atoms with E-state index in [9.17, 15) is 0 Å². The highest BCUT2D eigenvalue weighted by Gasteiger charge is 2.26. The van der Waals surface area contributed by atoms with Crippen LogP contribution in [0.15, 0.2) is 33.8 Å². The smallest absolute Gasteiger partial charge is 0.151 e. The topological polar surface area (TPSA) is 57.2 Å². The maximum Gasteiger partial charge on any atom is 0.151 e. The predicted molar refractivity (Wildman–Crippen MR) is 70.5 cm³/mol. The third kappa shape index (κ3) is 2.24. The summed E-state index contributed by atoms with van der Waals surface area (Å²) in [4.78, 5) is 6.86. The summed E-state index contributed by atoms with van der Waals surface area (Å²) in [6.45, 7) is 9.37. The van der Waals surface area contributed by atoms with Crippen molar-refractivity contribution in [2.45, 2.75) is 26.3 Å². The number of amidine groups is 1. The van der Waals surface area contributed by atoms with Gasteiger partial charge >= 0.3 is 0 Å². The van der Waals surface area contributed by atoms with Gasteiger partial charge in [0.2, 0.25) is 0 Å². The van der Waals surface area contributed by atoms with Gasteiger partial charge < -0.3 is 10.6 Å². The van der Waals surface area contributed by atoms with Crippen molar-refractivity contribution in [3.8, 4) is 0 Å². The molecule has 1 saturated heterocycles. The van der Waals surface area contributed by atoms with Crippen molar-refractivity contribution in [1.82, 2.24) is 9.91 Å². The van der Waals surface area contributed by atoms with Gasteiger partial charge in [-0.3, -0.25) is 0 Å². The fourth-order valence-electron chi connectivity index (χ4n) is 2.17. The van der Waals surface area contributed by atoms with Crippen LogP contribution in [0, 0.1) is 0 Å². The van der Waals surface area contributed by atoms with Crippen LogP contribution in [-0.2, 0) is 0 Å². The van der Waals surface area contributed by atoms with Gasteiger partial charge in [0.05, 0.1) is 0 Å². The minimum atomic E-state index is 0.259. The van der Waals surface area contributed by atoms with Crippen LogP contribution in [0.5, 0.6) is 0 Å². The minimum Gasteiger partial charge on any atom is -0.355 e. The van der Waals surface area contributed by atoms with Gasteiger partial charge in [-0.2, -0.15) is 5.10 Å². The Morgan fingerprint density at radius 1 is 1.65 bits per heavy atom. The second-order valence-electron chi connectivity index (χ2n) is 4.38. The van der Waals surface area contributed by atoms with Crippen molar-refractivity contribution < 1.29 is 0 Å². The van der Waals surface area contributed by atoms with E-state index in [0.29, 0.717) is 0 Å². The maximum absolute atomic E-state index is 5.93. The quantitative estimate of drug-likeness (QED) is 0.690. The molecule has 0 aromatic heterocycles. The van der Waals surface area contributed by atoms with Gasteiger partial charge in [-0.05, 0) is 26.3 Å². The number of hydrogen-bond donors (Lipinski definition) is 1. The Morgan fingerprint density at radius 2 is 2.41 bits per heavy atom. The number of rotatable bonds is 1. The van der Waals surface area contributed by atoms with Gasteiger partial charge in [-0.15, -0.1) is 0 Å². The molecule has 0 unspecified atom stereocenters. The Labute approximate surface area is 102 Å². The molecule has 0 aromatic rings. The van der Waals surface area contributed by atoms with Crippen LogP contribution >= 0.6 is 0 Å². The summed E-state index contributed by atoms with van der Waals surface area (Å²) >= 11 is 0. The first-order chi connectivity index (χ1) is 8.15. The fourth-order valence-corrected chi connectivity index (χ4v) is 2.17. The molecule has 2 heterocycles. The van der Waals surface area contributed by atoms with E-state index in [1.165, 1.54) is 0 Å². The summed E-state index contributed by atoms with van der Waals surface area (Å²) in [5, 5.41) is 5.60. The van der Waals surface area contributed by atoms with E-state index in [4.69, 9.17) is 5.73 Å². The molecule has 92 valence electrons. The molecule has 2 rings (SSSR count). The van der Waals surface area contributed by atoms with Crippen LogP contribution in [0.25, 0.3) is 0 Å². The zero-order valence-electron chi connectivity index (χ0n) is 10.4. The van der Waals surface area contributed by atoms with E-state index in [2.05, 4.69) is 21.7 Å². The highest BCUT2D eigenvalue weighted by molar-refractivity contribution is 5.99. The van der Waals surface area contributed by atoms with E-state index in [1.807, 2.05) is 26.1 Å². The van der Waals surface area contributed by atoms with Crippen LogP contribution in [-0.4, -0.2) is 41.6 Å². The van der Waals surface area contributed by atoms with E-state index < -0.39 is 0 Å². The molecule has 2 aliphatic heterocycles. The maximum atomic E-state index is 5.93. The van der Waals surface area contributed by atoms with Gasteiger partial charge in [0, 0.05) is 37.6 Å². The highest BCUT2D eigenvalue weighted by atomic mass is 15.5. The normalized spacial score (nSPS) is 27.2. The summed E-state index contributed by atoms with van der Waals surface area (Å²) in [6, 6.07) is 0.259. The first-order valence-corrected chi connectivity index (χ1v) is 5.86. The lowest BCUT2D eigenvalue weighted by atomic mass is 10.2. The second-order valence-corrected chi connectivity index (χ2v) is 4.38. The Kier molecular flexibility index (Phi) is 3.28. The second kappa shape index (κ2) is 4.71. The molecule has 0 aliphatic carbocycles. The minimum absolute atomic E-state index is 0.259. The summed E-state index contributed by atoms with van der Waals surface area (Å²) < 4.78 is 0. The van der Waals surface area contributed by atoms with E-state index >= 15 is 0 Å². The van der Waals surface area contributed by atoms with Crippen molar-refractivity contribution in [2.75, 3.05) is 13.1 Å². The number of aliphatic imine (C=N–C) groups is 1. The summed E-state index contributed by atoms with van der Waals surface area (Å²) in [7, 11) is 0. The molecule has 5 heteroatoms. The standard InChI is InChI=1S/C12H19N5/c1-4-11-15-12(9(2)7-17(11)14-3)16-6-5-10(13)8-16/h4,7,10H,3,5-6,8,13H2,1-2H3/b11-4-/t10-/m0/s1. The highest BCUT2D eigenvalue weighted by Crippen LogP contribution is 2.21. The van der Waals surface area contributed by atoms with Crippen LogP contribution in [0.3, 0.4) is 0 Å². The van der Waals surface area contributed by atoms with Gasteiger partial charge in [-0.25, -0.2) is 10.0 Å². The lowest BCUT2D eigenvalue weighted by Crippen LogP contribution is -2.35. The third-order valence-corrected chi connectivity index (χ3v) is 3.06. The first-order valence-electron chi connectivity index (χ1n) is 5.86. The van der Waals surface area contributed by atoms with E-state index in [1.54, 1.807) is 5.01 Å². The van der Waals surface area contributed by atoms with Gasteiger partial charge in [0.1, 0.15) is 5.84 Å². The summed E-state index contributed by atoms with van der Waals surface area (Å²) in [5.41, 5.74) is 7.02. The molecule has 1 atom stereocenters. The molecule has 0 bridgehead atoms. The number of nitrogens with two attached hydrogens (primary N) is 1. The Bertz CT molecular complexity index is 407. The van der Waals surface area contributed by atoms with Crippen LogP contribution < -0.4 is 5.73 Å². The number of hydrazone groups is 1. The molecular formula is C12H19N5. The van der Waals surface area contributed by atoms with Crippen molar-refractivity contribution in [1.29, 1.82) is 0 Å². The van der Waals surface area contributed by atoms with Crippen molar-refractivity contribution in [3.05, 3.63) is 23.7 Å². The van der Waals surface area contributed by atoms with Gasteiger partial charge in [0.25, 0.3) is 0 Å². The predicted octanol–water partition coefficient (Wildman–Crippen LogP) is 1.11. The van der Waals surface area contributed by atoms with Crippen molar-refractivity contribution >= 4 is 12.6 Å². The zero-order chi connectivity index (χ0) is 12.4. The molecule has 0 spiro atoms. The Morgan fingerprint density at radius 3 is 2.94 bits per heavy atom. The molecule has 2 N–H and O–H groups in total. The van der Waals surface area contributed by atoms with Crippen LogP contribution in [0.4, 0.5) is 0 Å². The lowest BCUT2D eigenvalue weighted by molar-refractivity contribution is 0.461. The SMILES string of the molecule is C=NN1C=C(C)C(N2CC[C@H](N)C2)=N/C1=C/C. The largest absolute Gasteiger partial charge is 0.355 e. The molecule has 17 heavy (non-hydrogen) atoms. The molecule has 0 amide bonds. The van der Waals surface area contributed by atoms with E-state index in [-0.39, 0.29) is 6.04 Å². The monoisotopic (exact) mass is 233 g/mol. The molecule has 5 nitrogen and oxygen atoms in total. The Hall–Kier alpha value is -1.62. The molecular weight excluding hydrogens is 214 g/mol. The van der Waals surface area contributed by atoms with E-state index in [0.717, 1.165) is 36.7 Å². The molecule has 0 saturated carbocycles. The fraction of sp³-hybridized carbons (Fsp3) is 0.500. The molecule has 2 aliphatic rings. The number of nitrogens with zero attached hydrogens (tertiary/aromatic N) is 4. The lowest BCUT2D eigenvalue weighted by Gasteiger charge is -2.27. The molecule has 0 radical (unpaired) electrons. The number of hydrogen-bond acceptors (Lipinski definition) is 5. The van der Waals surface area contributed by atoms with Crippen LogP contribution in [0.1, 0.15) is 20.3 Å². The third-order valence-electron chi connectivity index (χ3n) is 3.06. The van der Waals surface area contributed by atoms with Crippen molar-refractivity contribution in [2.24, 2.45) is 15.8 Å². The number of allylic oxidation sites excluding steroid dienone is 1. The van der Waals surface area contributed by atoms with Crippen LogP contribution in [0.2, 0.25) is 0 Å². The zero-order valence-corrected chi connectivity index (χ0v) is 10.4. The average Bonchev–Trinajstić information content (AvgIpc) is 2.75. The average molecular weight is 233 g/mol. The van der Waals surface area contributed by atoms with Crippen molar-refractivity contribution in [3.63, 3.8) is 0 Å². The van der Waals surface area contributed by atoms with Gasteiger partial charge in [0.15, 0.2) is 5.82 Å². The first kappa shape index (κ1) is 11.9.